The van der Waals surface area contributed by atoms with Crippen LogP contribution in [0.15, 0.2) is 134 Å². The molecule has 6 nitrogen and oxygen atoms in total. The van der Waals surface area contributed by atoms with Crippen molar-refractivity contribution in [3.05, 3.63) is 134 Å². The normalized spacial score (nSPS) is 13.0. The van der Waals surface area contributed by atoms with E-state index in [2.05, 4.69) is 154 Å². The van der Waals surface area contributed by atoms with Gasteiger partial charge in [0.15, 0.2) is 6.10 Å². The number of hydrogen-bond donors (Lipinski definition) is 0. The zero-order chi connectivity index (χ0) is 56.4. The summed E-state index contributed by atoms with van der Waals surface area (Å²) in [4.78, 5) is 38.4. The van der Waals surface area contributed by atoms with Crippen LogP contribution in [0.1, 0.15) is 284 Å². The maximum Gasteiger partial charge on any atom is 0.306 e. The van der Waals surface area contributed by atoms with Gasteiger partial charge in [0.2, 0.25) is 0 Å². The van der Waals surface area contributed by atoms with E-state index in [0.29, 0.717) is 19.3 Å². The van der Waals surface area contributed by atoms with Crippen molar-refractivity contribution in [2.75, 3.05) is 13.2 Å². The Labute approximate surface area is 481 Å². The van der Waals surface area contributed by atoms with E-state index in [9.17, 15) is 14.4 Å². The summed E-state index contributed by atoms with van der Waals surface area (Å²) in [5.41, 5.74) is 0. The Kier molecular flexibility index (Phi) is 61.4. The minimum atomic E-state index is -0.806. The summed E-state index contributed by atoms with van der Waals surface area (Å²) in [7, 11) is 0. The first-order chi connectivity index (χ1) is 38.5. The van der Waals surface area contributed by atoms with Crippen LogP contribution in [0.5, 0.6) is 0 Å². The molecule has 78 heavy (non-hydrogen) atoms. The number of allylic oxidation sites excluding steroid dienone is 22. The smallest absolute Gasteiger partial charge is 0.306 e. The van der Waals surface area contributed by atoms with Crippen LogP contribution < -0.4 is 0 Å². The van der Waals surface area contributed by atoms with E-state index in [0.717, 1.165) is 148 Å². The van der Waals surface area contributed by atoms with Crippen LogP contribution >= 0.6 is 0 Å². The van der Waals surface area contributed by atoms with Crippen LogP contribution in [0.25, 0.3) is 0 Å². The van der Waals surface area contributed by atoms with E-state index in [4.69, 9.17) is 14.2 Å². The molecule has 0 aromatic rings. The number of esters is 3. The Balaban J connectivity index is 4.50. The largest absolute Gasteiger partial charge is 0.462 e. The van der Waals surface area contributed by atoms with Crippen LogP contribution in [-0.2, 0) is 28.6 Å². The lowest BCUT2D eigenvalue weighted by Crippen LogP contribution is -2.30. The molecule has 1 unspecified atom stereocenters. The van der Waals surface area contributed by atoms with E-state index in [-0.39, 0.29) is 31.1 Å². The molecule has 0 aliphatic carbocycles. The topological polar surface area (TPSA) is 78.9 Å². The second kappa shape index (κ2) is 65.1. The van der Waals surface area contributed by atoms with Crippen molar-refractivity contribution in [3.8, 4) is 0 Å². The molecule has 1 atom stereocenters. The predicted octanol–water partition coefficient (Wildman–Crippen LogP) is 22.2. The Morgan fingerprint density at radius 2 is 0.500 bits per heavy atom. The summed E-state index contributed by atoms with van der Waals surface area (Å²) in [6.07, 6.45) is 91.5. The third-order valence-electron chi connectivity index (χ3n) is 13.4. The summed E-state index contributed by atoms with van der Waals surface area (Å²) < 4.78 is 16.9. The van der Waals surface area contributed by atoms with Gasteiger partial charge in [0.05, 0.1) is 0 Å². The molecule has 442 valence electrons. The van der Waals surface area contributed by atoms with Gasteiger partial charge in [-0.1, -0.05) is 257 Å². The van der Waals surface area contributed by atoms with Crippen LogP contribution in [0.4, 0.5) is 0 Å². The first-order valence-electron chi connectivity index (χ1n) is 32.2. The molecule has 0 aromatic carbocycles. The standard InChI is InChI=1S/C72H118O6/c1-4-7-10-13-16-19-22-25-28-31-34-35-36-37-39-41-44-47-50-53-56-59-62-65-71(74)77-68-69(67-76-70(73)64-61-58-55-52-49-46-43-40-33-30-27-24-21-18-15-12-9-6-3)78-72(75)66-63-60-57-54-51-48-45-42-38-32-29-26-23-20-17-14-11-8-5-2/h7,10,16-17,19-21,24-26,28-30,33-35,37-39,42,44,47,69H,4-6,8-9,11-15,18,22-23,27,31-32,36,40-41,43,45-46,48-68H2,1-3H3/b10-7-,19-16-,20-17-,24-21-,28-25-,29-26-,33-30-,35-34-,39-37-,42-38-,47-44-. The van der Waals surface area contributed by atoms with Crippen molar-refractivity contribution in [2.45, 2.75) is 290 Å². The molecule has 0 radical (unpaired) electrons. The van der Waals surface area contributed by atoms with Crippen molar-refractivity contribution in [1.29, 1.82) is 0 Å². The van der Waals surface area contributed by atoms with Crippen molar-refractivity contribution in [2.24, 2.45) is 0 Å². The highest BCUT2D eigenvalue weighted by molar-refractivity contribution is 5.71. The second-order valence-electron chi connectivity index (χ2n) is 20.9. The summed E-state index contributed by atoms with van der Waals surface area (Å²) in [6, 6.07) is 0. The van der Waals surface area contributed by atoms with Gasteiger partial charge in [0.25, 0.3) is 0 Å². The highest BCUT2D eigenvalue weighted by Gasteiger charge is 2.19. The summed E-state index contributed by atoms with van der Waals surface area (Å²) in [5.74, 6) is -0.943. The molecule has 0 amide bonds. The molecule has 0 fully saturated rings. The molecular formula is C72H118O6. The molecule has 0 saturated carbocycles. The molecule has 0 saturated heterocycles. The zero-order valence-electron chi connectivity index (χ0n) is 50.6. The highest BCUT2D eigenvalue weighted by atomic mass is 16.6. The highest BCUT2D eigenvalue weighted by Crippen LogP contribution is 2.14. The van der Waals surface area contributed by atoms with E-state index in [1.807, 2.05) is 0 Å². The minimum absolute atomic E-state index is 0.0997. The van der Waals surface area contributed by atoms with Gasteiger partial charge in [0, 0.05) is 19.3 Å². The average molecular weight is 1080 g/mol. The third kappa shape index (κ3) is 62.4. The van der Waals surface area contributed by atoms with Gasteiger partial charge in [-0.15, -0.1) is 0 Å². The van der Waals surface area contributed by atoms with Crippen molar-refractivity contribution >= 4 is 17.9 Å². The Morgan fingerprint density at radius 1 is 0.269 bits per heavy atom. The molecule has 0 rings (SSSR count). The molecule has 0 heterocycles. The van der Waals surface area contributed by atoms with Crippen molar-refractivity contribution in [3.63, 3.8) is 0 Å². The number of rotatable bonds is 57. The molecular weight excluding hydrogens is 961 g/mol. The fourth-order valence-electron chi connectivity index (χ4n) is 8.54. The molecule has 0 spiro atoms. The van der Waals surface area contributed by atoms with Crippen molar-refractivity contribution < 1.29 is 28.6 Å². The minimum Gasteiger partial charge on any atom is -0.462 e. The quantitative estimate of drug-likeness (QED) is 0.0261. The zero-order valence-corrected chi connectivity index (χ0v) is 50.6. The van der Waals surface area contributed by atoms with Crippen LogP contribution in [-0.4, -0.2) is 37.2 Å². The SMILES string of the molecule is CC/C=C\C/C=C\C/C=C\C/C=C\C/C=C\C/C=C\CCCCCCC(=O)OCC(COC(=O)CCCCCCCCC/C=C\C/C=C\CCCCCC)OC(=O)CCCCCCCC/C=C\C/C=C\C/C=C\CCCCC. The Hall–Kier alpha value is -4.45. The molecule has 0 bridgehead atoms. The maximum absolute atomic E-state index is 12.9. The van der Waals surface area contributed by atoms with Gasteiger partial charge in [0.1, 0.15) is 13.2 Å². The van der Waals surface area contributed by atoms with E-state index < -0.39 is 6.10 Å². The van der Waals surface area contributed by atoms with E-state index in [1.54, 1.807) is 0 Å². The molecule has 0 aliphatic rings. The molecule has 6 heteroatoms. The van der Waals surface area contributed by atoms with Crippen molar-refractivity contribution in [1.82, 2.24) is 0 Å². The fraction of sp³-hybridized carbons (Fsp3) is 0.653. The van der Waals surface area contributed by atoms with Gasteiger partial charge in [-0.3, -0.25) is 14.4 Å². The van der Waals surface area contributed by atoms with E-state index >= 15 is 0 Å². The first-order valence-corrected chi connectivity index (χ1v) is 32.2. The third-order valence-corrected chi connectivity index (χ3v) is 13.4. The Morgan fingerprint density at radius 3 is 0.808 bits per heavy atom. The van der Waals surface area contributed by atoms with Crippen LogP contribution in [0.2, 0.25) is 0 Å². The number of hydrogen-bond acceptors (Lipinski definition) is 6. The first kappa shape index (κ1) is 73.5. The van der Waals surface area contributed by atoms with Gasteiger partial charge >= 0.3 is 17.9 Å². The maximum atomic E-state index is 12.9. The molecule has 0 aromatic heterocycles. The van der Waals surface area contributed by atoms with Crippen LogP contribution in [0, 0.1) is 0 Å². The van der Waals surface area contributed by atoms with Gasteiger partial charge in [-0.2, -0.15) is 0 Å². The van der Waals surface area contributed by atoms with Gasteiger partial charge in [-0.05, 0) is 141 Å². The molecule has 0 aliphatic heterocycles. The Bertz CT molecular complexity index is 1670. The number of unbranched alkanes of at least 4 members (excludes halogenated alkanes) is 24. The average Bonchev–Trinajstić information content (AvgIpc) is 3.44. The van der Waals surface area contributed by atoms with E-state index in [1.165, 1.54) is 96.3 Å². The lowest BCUT2D eigenvalue weighted by molar-refractivity contribution is -0.167. The monoisotopic (exact) mass is 1080 g/mol. The number of carbonyl (C=O) groups is 3. The number of carbonyl (C=O) groups excluding carboxylic acids is 3. The lowest BCUT2D eigenvalue weighted by Gasteiger charge is -2.18. The molecule has 0 N–H and O–H groups in total. The van der Waals surface area contributed by atoms with Gasteiger partial charge < -0.3 is 14.2 Å². The van der Waals surface area contributed by atoms with Crippen LogP contribution in [0.3, 0.4) is 0 Å². The lowest BCUT2D eigenvalue weighted by atomic mass is 10.1. The fourth-order valence-corrected chi connectivity index (χ4v) is 8.54. The van der Waals surface area contributed by atoms with Gasteiger partial charge in [-0.25, -0.2) is 0 Å². The second-order valence-corrected chi connectivity index (χ2v) is 20.9. The number of ether oxygens (including phenoxy) is 3. The summed E-state index contributed by atoms with van der Waals surface area (Å²) >= 11 is 0. The summed E-state index contributed by atoms with van der Waals surface area (Å²) in [5, 5.41) is 0. The summed E-state index contributed by atoms with van der Waals surface area (Å²) in [6.45, 7) is 6.45. The predicted molar refractivity (Wildman–Crippen MR) is 339 cm³/mol.